The standard InChI is InChI=1S/C2H5NO2.C2H6/c1-5-2(3)4;1-2/h1H3,(H2,3,4);1-2H3. The summed E-state index contributed by atoms with van der Waals surface area (Å²) in [5.41, 5.74) is 4.43. The predicted octanol–water partition coefficient (Wildman–Crippen LogP) is 0.738. The van der Waals surface area contributed by atoms with Crippen LogP contribution in [0.2, 0.25) is 0 Å². The summed E-state index contributed by atoms with van der Waals surface area (Å²) in [6.45, 7) is 4.00. The maximum atomic E-state index is 9.37. The molecule has 0 rings (SSSR count). The number of nitrogens with two attached hydrogens (primary N) is 1. The van der Waals surface area contributed by atoms with Gasteiger partial charge in [0.25, 0.3) is 0 Å². The minimum Gasteiger partial charge on any atom is -0.453 e. The van der Waals surface area contributed by atoms with Crippen molar-refractivity contribution in [2.45, 2.75) is 13.8 Å². The molecule has 0 unspecified atom stereocenters. The van der Waals surface area contributed by atoms with Gasteiger partial charge in [0.15, 0.2) is 0 Å². The topological polar surface area (TPSA) is 52.3 Å². The van der Waals surface area contributed by atoms with Crippen LogP contribution in [0.15, 0.2) is 0 Å². The van der Waals surface area contributed by atoms with Crippen LogP contribution in [0.4, 0.5) is 4.79 Å². The van der Waals surface area contributed by atoms with E-state index in [2.05, 4.69) is 10.5 Å². The first-order chi connectivity index (χ1) is 3.27. The second-order valence-electron chi connectivity index (χ2n) is 0.523. The summed E-state index contributed by atoms with van der Waals surface area (Å²) in [6, 6.07) is 0. The normalized spacial score (nSPS) is 5.57. The SMILES string of the molecule is CC.COC(N)=O. The van der Waals surface area contributed by atoms with Crippen LogP contribution in [0.25, 0.3) is 0 Å². The van der Waals surface area contributed by atoms with Crippen LogP contribution in [0.5, 0.6) is 0 Å². The quantitative estimate of drug-likeness (QED) is 0.494. The molecule has 0 aliphatic rings. The zero-order valence-corrected chi connectivity index (χ0v) is 4.89. The molecule has 1 amide bonds. The fourth-order valence-corrected chi connectivity index (χ4v) is 0. The van der Waals surface area contributed by atoms with Gasteiger partial charge in [-0.3, -0.25) is 0 Å². The monoisotopic (exact) mass is 105 g/mol. The lowest BCUT2D eigenvalue weighted by atomic mass is 11.0. The Morgan fingerprint density at radius 2 is 1.71 bits per heavy atom. The molecule has 0 heterocycles. The van der Waals surface area contributed by atoms with Crippen LogP contribution in [-0.4, -0.2) is 13.2 Å². The van der Waals surface area contributed by atoms with Gasteiger partial charge in [-0.2, -0.15) is 0 Å². The maximum absolute atomic E-state index is 9.37. The van der Waals surface area contributed by atoms with Gasteiger partial charge in [0, 0.05) is 0 Å². The Labute approximate surface area is 43.5 Å². The van der Waals surface area contributed by atoms with E-state index in [0.717, 1.165) is 0 Å². The van der Waals surface area contributed by atoms with Gasteiger partial charge in [0.1, 0.15) is 0 Å². The highest BCUT2D eigenvalue weighted by atomic mass is 16.5. The number of carbonyl (C=O) groups is 1. The molecule has 2 N–H and O–H groups in total. The van der Waals surface area contributed by atoms with Gasteiger partial charge >= 0.3 is 6.09 Å². The lowest BCUT2D eigenvalue weighted by molar-refractivity contribution is 0.182. The van der Waals surface area contributed by atoms with Gasteiger partial charge in [0.05, 0.1) is 7.11 Å². The molecule has 0 saturated carbocycles. The molecule has 3 nitrogen and oxygen atoms in total. The second-order valence-corrected chi connectivity index (χ2v) is 0.523. The number of primary amides is 1. The molecule has 0 aromatic carbocycles. The number of methoxy groups -OCH3 is 1. The van der Waals surface area contributed by atoms with Crippen LogP contribution in [0.3, 0.4) is 0 Å². The molecule has 3 heteroatoms. The summed E-state index contributed by atoms with van der Waals surface area (Å²) >= 11 is 0. The molecule has 0 atom stereocenters. The third-order valence-corrected chi connectivity index (χ3v) is 0.201. The zero-order valence-electron chi connectivity index (χ0n) is 4.89. The Kier molecular flexibility index (Phi) is 12.3. The first-order valence-electron chi connectivity index (χ1n) is 2.11. The highest BCUT2D eigenvalue weighted by Gasteiger charge is 1.76. The van der Waals surface area contributed by atoms with E-state index in [1.54, 1.807) is 0 Å². The molecule has 0 aromatic rings. The van der Waals surface area contributed by atoms with Crippen LogP contribution in [0.1, 0.15) is 13.8 Å². The smallest absolute Gasteiger partial charge is 0.404 e. The molecule has 0 aliphatic heterocycles. The van der Waals surface area contributed by atoms with E-state index in [-0.39, 0.29) is 0 Å². The minimum absolute atomic E-state index is 0.745. The Morgan fingerprint density at radius 1 is 1.57 bits per heavy atom. The molecule has 0 bridgehead atoms. The number of ether oxygens (including phenoxy) is 1. The summed E-state index contributed by atoms with van der Waals surface area (Å²) in [5, 5.41) is 0. The first-order valence-corrected chi connectivity index (χ1v) is 2.11. The van der Waals surface area contributed by atoms with E-state index in [0.29, 0.717) is 0 Å². The molecule has 0 saturated heterocycles. The van der Waals surface area contributed by atoms with Crippen molar-refractivity contribution in [2.24, 2.45) is 5.73 Å². The lowest BCUT2D eigenvalue weighted by Gasteiger charge is -1.81. The summed E-state index contributed by atoms with van der Waals surface area (Å²) < 4.78 is 3.89. The average Bonchev–Trinajstić information content (AvgIpc) is 1.73. The van der Waals surface area contributed by atoms with Crippen molar-refractivity contribution in [1.29, 1.82) is 0 Å². The molecule has 7 heavy (non-hydrogen) atoms. The zero-order chi connectivity index (χ0) is 6.28. The summed E-state index contributed by atoms with van der Waals surface area (Å²) in [4.78, 5) is 9.37. The molecule has 0 spiro atoms. The van der Waals surface area contributed by atoms with Crippen molar-refractivity contribution in [3.63, 3.8) is 0 Å². The van der Waals surface area contributed by atoms with Crippen molar-refractivity contribution < 1.29 is 9.53 Å². The van der Waals surface area contributed by atoms with Crippen LogP contribution in [-0.2, 0) is 4.74 Å². The third kappa shape index (κ3) is 34.9. The van der Waals surface area contributed by atoms with E-state index in [9.17, 15) is 4.79 Å². The number of hydrogen-bond acceptors (Lipinski definition) is 2. The Morgan fingerprint density at radius 3 is 1.71 bits per heavy atom. The molecule has 44 valence electrons. The lowest BCUT2D eigenvalue weighted by Crippen LogP contribution is -2.08. The van der Waals surface area contributed by atoms with Crippen molar-refractivity contribution in [2.75, 3.05) is 7.11 Å². The molecular weight excluding hydrogens is 94.0 g/mol. The van der Waals surface area contributed by atoms with Crippen LogP contribution >= 0.6 is 0 Å². The number of carbonyl (C=O) groups excluding carboxylic acids is 1. The van der Waals surface area contributed by atoms with E-state index in [4.69, 9.17) is 0 Å². The predicted molar refractivity (Wildman–Crippen MR) is 27.9 cm³/mol. The fraction of sp³-hybridized carbons (Fsp3) is 0.750. The van der Waals surface area contributed by atoms with Gasteiger partial charge in [-0.1, -0.05) is 13.8 Å². The highest BCUT2D eigenvalue weighted by Crippen LogP contribution is 1.55. The highest BCUT2D eigenvalue weighted by molar-refractivity contribution is 5.64. The molecule has 0 aromatic heterocycles. The average molecular weight is 105 g/mol. The molecule has 0 radical (unpaired) electrons. The van der Waals surface area contributed by atoms with Gasteiger partial charge < -0.3 is 10.5 Å². The second kappa shape index (κ2) is 8.99. The Hall–Kier alpha value is -0.730. The Bertz CT molecular complexity index is 45.0. The van der Waals surface area contributed by atoms with Crippen LogP contribution in [0, 0.1) is 0 Å². The minimum atomic E-state index is -0.745. The van der Waals surface area contributed by atoms with Gasteiger partial charge in [-0.25, -0.2) is 4.79 Å². The first kappa shape index (κ1) is 9.55. The van der Waals surface area contributed by atoms with Crippen molar-refractivity contribution in [3.8, 4) is 0 Å². The van der Waals surface area contributed by atoms with E-state index < -0.39 is 6.09 Å². The van der Waals surface area contributed by atoms with E-state index in [1.165, 1.54) is 7.11 Å². The van der Waals surface area contributed by atoms with Crippen LogP contribution < -0.4 is 5.73 Å². The molecule has 0 fully saturated rings. The third-order valence-electron chi connectivity index (χ3n) is 0.201. The molecule has 0 aliphatic carbocycles. The summed E-state index contributed by atoms with van der Waals surface area (Å²) in [6.07, 6.45) is -0.745. The molecular formula is C4H11NO2. The van der Waals surface area contributed by atoms with E-state index >= 15 is 0 Å². The van der Waals surface area contributed by atoms with Gasteiger partial charge in [0.2, 0.25) is 0 Å². The number of amides is 1. The maximum Gasteiger partial charge on any atom is 0.404 e. The van der Waals surface area contributed by atoms with Gasteiger partial charge in [-0.05, 0) is 0 Å². The number of rotatable bonds is 0. The van der Waals surface area contributed by atoms with Crippen molar-refractivity contribution in [3.05, 3.63) is 0 Å². The largest absolute Gasteiger partial charge is 0.453 e. The van der Waals surface area contributed by atoms with Gasteiger partial charge in [-0.15, -0.1) is 0 Å². The summed E-state index contributed by atoms with van der Waals surface area (Å²) in [7, 11) is 1.22. The van der Waals surface area contributed by atoms with Crippen molar-refractivity contribution >= 4 is 6.09 Å². The fourth-order valence-electron chi connectivity index (χ4n) is 0. The Balaban J connectivity index is 0. The summed E-state index contributed by atoms with van der Waals surface area (Å²) in [5.74, 6) is 0. The number of hydrogen-bond donors (Lipinski definition) is 1. The van der Waals surface area contributed by atoms with Crippen molar-refractivity contribution in [1.82, 2.24) is 0 Å². The van der Waals surface area contributed by atoms with E-state index in [1.807, 2.05) is 13.8 Å².